The molecule has 0 spiro atoms. The van der Waals surface area contributed by atoms with E-state index in [0.29, 0.717) is 16.9 Å². The highest BCUT2D eigenvalue weighted by molar-refractivity contribution is 5.71. The number of benzene rings is 3. The topological polar surface area (TPSA) is 54.0 Å². The first-order valence-corrected chi connectivity index (χ1v) is 9.07. The fraction of sp³-hybridized carbons (Fsp3) is 0.0417. The Morgan fingerprint density at radius 1 is 0.710 bits per heavy atom. The van der Waals surface area contributed by atoms with Gasteiger partial charge >= 0.3 is 0 Å². The van der Waals surface area contributed by atoms with Crippen molar-refractivity contribution in [2.75, 3.05) is 7.11 Å². The van der Waals surface area contributed by atoms with Crippen molar-refractivity contribution in [3.05, 3.63) is 97.3 Å². The van der Waals surface area contributed by atoms with Crippen molar-refractivity contribution in [1.82, 2.24) is 0 Å². The van der Waals surface area contributed by atoms with Crippen molar-refractivity contribution in [2.45, 2.75) is 0 Å². The van der Waals surface area contributed by atoms with E-state index >= 15 is 0 Å². The number of hydrogen-bond acceptors (Lipinski definition) is 5. The van der Waals surface area contributed by atoms with Crippen molar-refractivity contribution in [3.63, 3.8) is 0 Å². The second-order valence-corrected chi connectivity index (χ2v) is 6.11. The predicted molar refractivity (Wildman–Crippen MR) is 111 cm³/mol. The van der Waals surface area contributed by atoms with Crippen molar-refractivity contribution in [2.24, 2.45) is 0 Å². The summed E-state index contributed by atoms with van der Waals surface area (Å²) in [6, 6.07) is 15.9. The summed E-state index contributed by atoms with van der Waals surface area (Å²) in [6.07, 6.45) is 4.80. The van der Waals surface area contributed by atoms with Gasteiger partial charge in [0, 0.05) is 5.56 Å². The van der Waals surface area contributed by atoms with E-state index in [2.05, 4.69) is 4.74 Å². The lowest BCUT2D eigenvalue weighted by atomic mass is 9.99. The van der Waals surface area contributed by atoms with Crippen LogP contribution in [0.25, 0.3) is 22.3 Å². The lowest BCUT2D eigenvalue weighted by Gasteiger charge is -2.09. The molecule has 0 aliphatic carbocycles. The molecule has 0 unspecified atom stereocenters. The summed E-state index contributed by atoms with van der Waals surface area (Å²) in [5, 5.41) is 0. The molecule has 3 rings (SSSR count). The van der Waals surface area contributed by atoms with E-state index in [4.69, 9.17) is 14.2 Å². The number of halogens is 2. The van der Waals surface area contributed by atoms with Gasteiger partial charge in [-0.25, -0.2) is 8.78 Å². The Bertz CT molecular complexity index is 1090. The molecule has 0 saturated heterocycles. The van der Waals surface area contributed by atoms with Gasteiger partial charge in [-0.1, -0.05) is 30.3 Å². The molecule has 0 fully saturated rings. The Morgan fingerprint density at radius 3 is 2.06 bits per heavy atom. The van der Waals surface area contributed by atoms with Gasteiger partial charge in [-0.2, -0.15) is 0 Å². The van der Waals surface area contributed by atoms with Gasteiger partial charge in [0.2, 0.25) is 0 Å². The Labute approximate surface area is 177 Å². The zero-order chi connectivity index (χ0) is 22.1. The third kappa shape index (κ3) is 5.70. The molecule has 0 aliphatic rings. The second kappa shape index (κ2) is 10.6. The van der Waals surface area contributed by atoms with Crippen LogP contribution in [-0.2, 0) is 14.3 Å². The van der Waals surface area contributed by atoms with Crippen LogP contribution < -0.4 is 9.47 Å². The Kier molecular flexibility index (Phi) is 7.37. The molecule has 0 atom stereocenters. The normalized spacial score (nSPS) is 10.9. The average Bonchev–Trinajstić information content (AvgIpc) is 2.78. The van der Waals surface area contributed by atoms with Crippen LogP contribution in [0.3, 0.4) is 0 Å². The standard InChI is InChI=1S/C24H18F2O5/c1-28-10-12-30-20-6-2-17(3-7-20)18-4-8-21(22(25)14-18)19-5-9-24(23(26)15-19)31-13-11-29-16-27/h2-16H,1H3/b12-10-,13-11-. The third-order valence-electron chi connectivity index (χ3n) is 4.18. The molecule has 31 heavy (non-hydrogen) atoms. The van der Waals surface area contributed by atoms with Gasteiger partial charge in [0.25, 0.3) is 6.47 Å². The molecular weight excluding hydrogens is 406 g/mol. The van der Waals surface area contributed by atoms with Gasteiger partial charge < -0.3 is 18.9 Å². The molecule has 0 radical (unpaired) electrons. The predicted octanol–water partition coefficient (Wildman–Crippen LogP) is 5.82. The van der Waals surface area contributed by atoms with Gasteiger partial charge in [0.15, 0.2) is 11.6 Å². The molecule has 7 heteroatoms. The SMILES string of the molecule is CO/C=C\Oc1ccc(-c2ccc(-c3ccc(O/C=C\OC=O)c(F)c3)c(F)c2)cc1. The lowest BCUT2D eigenvalue weighted by molar-refractivity contribution is -0.123. The van der Waals surface area contributed by atoms with Crippen LogP contribution in [0, 0.1) is 11.6 Å². The highest BCUT2D eigenvalue weighted by Crippen LogP contribution is 2.31. The maximum absolute atomic E-state index is 14.8. The minimum atomic E-state index is -0.685. The number of carbonyl (C=O) groups is 1. The molecule has 0 bridgehead atoms. The Hall–Kier alpha value is -4.13. The van der Waals surface area contributed by atoms with Crippen LogP contribution in [0.1, 0.15) is 0 Å². The fourth-order valence-electron chi connectivity index (χ4n) is 2.75. The maximum atomic E-state index is 14.8. The van der Waals surface area contributed by atoms with E-state index < -0.39 is 11.6 Å². The lowest BCUT2D eigenvalue weighted by Crippen LogP contribution is -1.91. The fourth-order valence-corrected chi connectivity index (χ4v) is 2.75. The van der Waals surface area contributed by atoms with Gasteiger partial charge in [-0.15, -0.1) is 0 Å². The summed E-state index contributed by atoms with van der Waals surface area (Å²) < 4.78 is 48.5. The number of ether oxygens (including phenoxy) is 4. The van der Waals surface area contributed by atoms with Crippen molar-refractivity contribution >= 4 is 6.47 Å². The van der Waals surface area contributed by atoms with Crippen molar-refractivity contribution in [1.29, 1.82) is 0 Å². The molecule has 3 aromatic carbocycles. The average molecular weight is 424 g/mol. The van der Waals surface area contributed by atoms with E-state index in [1.807, 2.05) is 0 Å². The van der Waals surface area contributed by atoms with Crippen LogP contribution >= 0.6 is 0 Å². The number of hydrogen-bond donors (Lipinski definition) is 0. The van der Waals surface area contributed by atoms with Gasteiger partial charge in [0.05, 0.1) is 7.11 Å². The molecule has 5 nitrogen and oxygen atoms in total. The quantitative estimate of drug-likeness (QED) is 0.320. The van der Waals surface area contributed by atoms with E-state index in [-0.39, 0.29) is 17.8 Å². The second-order valence-electron chi connectivity index (χ2n) is 6.11. The molecular formula is C24H18F2O5. The van der Waals surface area contributed by atoms with Crippen LogP contribution in [-0.4, -0.2) is 13.6 Å². The molecule has 0 heterocycles. The summed E-state index contributed by atoms with van der Waals surface area (Å²) in [5.74, 6) is -0.656. The largest absolute Gasteiger partial charge is 0.501 e. The molecule has 0 aromatic heterocycles. The molecule has 0 saturated carbocycles. The zero-order valence-corrected chi connectivity index (χ0v) is 16.5. The first-order valence-electron chi connectivity index (χ1n) is 9.07. The smallest absolute Gasteiger partial charge is 0.298 e. The highest BCUT2D eigenvalue weighted by atomic mass is 19.1. The monoisotopic (exact) mass is 424 g/mol. The maximum Gasteiger partial charge on any atom is 0.298 e. The summed E-state index contributed by atoms with van der Waals surface area (Å²) >= 11 is 0. The molecule has 158 valence electrons. The first kappa shape index (κ1) is 21.6. The van der Waals surface area contributed by atoms with Gasteiger partial charge in [-0.3, -0.25) is 4.79 Å². The number of rotatable bonds is 9. The summed E-state index contributed by atoms with van der Waals surface area (Å²) in [5.41, 5.74) is 2.07. The summed E-state index contributed by atoms with van der Waals surface area (Å²) in [6.45, 7) is 0.203. The Balaban J connectivity index is 1.77. The van der Waals surface area contributed by atoms with E-state index in [0.717, 1.165) is 18.1 Å². The van der Waals surface area contributed by atoms with Crippen LogP contribution in [0.5, 0.6) is 11.5 Å². The zero-order valence-electron chi connectivity index (χ0n) is 16.5. The van der Waals surface area contributed by atoms with E-state index in [1.165, 1.54) is 43.9 Å². The molecule has 0 aliphatic heterocycles. The minimum absolute atomic E-state index is 0.0887. The minimum Gasteiger partial charge on any atom is -0.501 e. The van der Waals surface area contributed by atoms with Gasteiger partial charge in [-0.05, 0) is 47.0 Å². The number of carbonyl (C=O) groups excluding carboxylic acids is 1. The molecule has 0 amide bonds. The third-order valence-corrected chi connectivity index (χ3v) is 4.18. The Morgan fingerprint density at radius 2 is 1.39 bits per heavy atom. The van der Waals surface area contributed by atoms with Crippen LogP contribution in [0.4, 0.5) is 8.78 Å². The molecule has 0 N–H and O–H groups in total. The summed E-state index contributed by atoms with van der Waals surface area (Å²) in [7, 11) is 1.52. The summed E-state index contributed by atoms with van der Waals surface area (Å²) in [4.78, 5) is 10.0. The van der Waals surface area contributed by atoms with Crippen molar-refractivity contribution < 1.29 is 32.5 Å². The number of methoxy groups -OCH3 is 1. The van der Waals surface area contributed by atoms with Gasteiger partial charge in [0.1, 0.15) is 36.6 Å². The van der Waals surface area contributed by atoms with Crippen LogP contribution in [0.2, 0.25) is 0 Å². The van der Waals surface area contributed by atoms with Crippen LogP contribution in [0.15, 0.2) is 85.7 Å². The highest BCUT2D eigenvalue weighted by Gasteiger charge is 2.11. The van der Waals surface area contributed by atoms with E-state index in [9.17, 15) is 13.6 Å². The first-order chi connectivity index (χ1) is 15.1. The molecule has 3 aromatic rings. The van der Waals surface area contributed by atoms with Crippen molar-refractivity contribution in [3.8, 4) is 33.8 Å². The van der Waals surface area contributed by atoms with E-state index in [1.54, 1.807) is 36.4 Å².